The van der Waals surface area contributed by atoms with Crippen LogP contribution in [-0.4, -0.2) is 54.8 Å². The van der Waals surface area contributed by atoms with E-state index in [9.17, 15) is 13.2 Å². The Labute approximate surface area is 136 Å². The Morgan fingerprint density at radius 2 is 2.22 bits per heavy atom. The van der Waals surface area contributed by atoms with E-state index < -0.39 is 10.0 Å². The second kappa shape index (κ2) is 7.87. The fourth-order valence-electron chi connectivity index (χ4n) is 2.76. The number of carbonyl (C=O) groups is 1. The van der Waals surface area contributed by atoms with Crippen LogP contribution in [0.15, 0.2) is 4.52 Å². The third kappa shape index (κ3) is 5.91. The summed E-state index contributed by atoms with van der Waals surface area (Å²) in [4.78, 5) is 18.3. The fourth-order valence-corrected chi connectivity index (χ4v) is 3.26. The minimum Gasteiger partial charge on any atom is -0.339 e. The summed E-state index contributed by atoms with van der Waals surface area (Å²) in [6, 6.07) is -0.0587. The van der Waals surface area contributed by atoms with E-state index in [2.05, 4.69) is 14.9 Å². The molecule has 8 nitrogen and oxygen atoms in total. The lowest BCUT2D eigenvalue weighted by Gasteiger charge is -2.36. The van der Waals surface area contributed by atoms with Crippen molar-refractivity contribution < 1.29 is 17.7 Å². The van der Waals surface area contributed by atoms with Crippen molar-refractivity contribution in [1.82, 2.24) is 19.8 Å². The molecule has 1 atom stereocenters. The molecule has 0 bridgehead atoms. The van der Waals surface area contributed by atoms with E-state index in [1.807, 2.05) is 0 Å². The van der Waals surface area contributed by atoms with Crippen LogP contribution in [0.3, 0.4) is 0 Å². The van der Waals surface area contributed by atoms with Crippen LogP contribution in [0, 0.1) is 6.92 Å². The summed E-state index contributed by atoms with van der Waals surface area (Å²) in [7, 11) is -3.24. The maximum Gasteiger partial charge on any atom is 0.226 e. The quantitative estimate of drug-likeness (QED) is 0.778. The number of aromatic nitrogens is 2. The highest BCUT2D eigenvalue weighted by atomic mass is 32.2. The number of nitrogens with zero attached hydrogens (tertiary/aromatic N) is 3. The molecule has 1 aromatic heterocycles. The minimum atomic E-state index is -3.24. The zero-order valence-electron chi connectivity index (χ0n) is 13.6. The predicted molar refractivity (Wildman–Crippen MR) is 84.2 cm³/mol. The van der Waals surface area contributed by atoms with Crippen LogP contribution in [0.25, 0.3) is 0 Å². The summed E-state index contributed by atoms with van der Waals surface area (Å²) in [5.41, 5.74) is 0. The highest BCUT2D eigenvalue weighted by molar-refractivity contribution is 7.88. The van der Waals surface area contributed by atoms with E-state index in [1.165, 1.54) is 0 Å². The fraction of sp³-hybridized carbons (Fsp3) is 0.786. The molecule has 1 amide bonds. The molecule has 9 heteroatoms. The van der Waals surface area contributed by atoms with Crippen molar-refractivity contribution in [3.05, 3.63) is 11.7 Å². The summed E-state index contributed by atoms with van der Waals surface area (Å²) in [6.07, 6.45) is 5.56. The Morgan fingerprint density at radius 3 is 2.87 bits per heavy atom. The van der Waals surface area contributed by atoms with Gasteiger partial charge in [0.25, 0.3) is 0 Å². The molecule has 0 spiro atoms. The van der Waals surface area contributed by atoms with E-state index in [4.69, 9.17) is 4.52 Å². The predicted octanol–water partition coefficient (Wildman–Crippen LogP) is 0.631. The molecular formula is C14H24N4O4S. The van der Waals surface area contributed by atoms with Gasteiger partial charge in [0.2, 0.25) is 21.8 Å². The van der Waals surface area contributed by atoms with Crippen molar-refractivity contribution in [2.24, 2.45) is 0 Å². The Bertz CT molecular complexity index is 628. The van der Waals surface area contributed by atoms with E-state index >= 15 is 0 Å². The van der Waals surface area contributed by atoms with Crippen LogP contribution in [0.4, 0.5) is 0 Å². The molecule has 1 N–H and O–H groups in total. The lowest BCUT2D eigenvalue weighted by molar-refractivity contribution is -0.134. The van der Waals surface area contributed by atoms with Gasteiger partial charge < -0.3 is 9.42 Å². The molecule has 0 saturated carbocycles. The van der Waals surface area contributed by atoms with Gasteiger partial charge in [-0.15, -0.1) is 0 Å². The highest BCUT2D eigenvalue weighted by Crippen LogP contribution is 2.18. The molecule has 1 saturated heterocycles. The number of nitrogens with one attached hydrogen (secondary N) is 1. The Balaban J connectivity index is 1.82. The number of carbonyl (C=O) groups excluding carboxylic acids is 1. The van der Waals surface area contributed by atoms with E-state index in [0.29, 0.717) is 37.5 Å². The summed E-state index contributed by atoms with van der Waals surface area (Å²) >= 11 is 0. The third-order valence-electron chi connectivity index (χ3n) is 3.88. The number of rotatable bonds is 7. The molecule has 23 heavy (non-hydrogen) atoms. The number of amides is 1. The van der Waals surface area contributed by atoms with Crippen LogP contribution >= 0.6 is 0 Å². The van der Waals surface area contributed by atoms with E-state index in [0.717, 1.165) is 25.5 Å². The standard InChI is InChI=1S/C14H24N4O4S/c1-11-16-13(22-17-11)7-5-8-14(19)18-9-4-3-6-12(18)10-15-23(2,20)21/h12,15H,3-10H2,1-2H3/t12-/m1/s1. The Morgan fingerprint density at radius 1 is 1.43 bits per heavy atom. The first-order valence-corrected chi connectivity index (χ1v) is 9.77. The smallest absolute Gasteiger partial charge is 0.226 e. The molecule has 130 valence electrons. The van der Waals surface area contributed by atoms with E-state index in [-0.39, 0.29) is 18.5 Å². The van der Waals surface area contributed by atoms with Gasteiger partial charge in [-0.05, 0) is 32.6 Å². The topological polar surface area (TPSA) is 105 Å². The van der Waals surface area contributed by atoms with Crippen molar-refractivity contribution in [3.63, 3.8) is 0 Å². The highest BCUT2D eigenvalue weighted by Gasteiger charge is 2.26. The molecule has 2 heterocycles. The third-order valence-corrected chi connectivity index (χ3v) is 4.57. The first-order chi connectivity index (χ1) is 10.8. The average molecular weight is 344 g/mol. The van der Waals surface area contributed by atoms with E-state index in [1.54, 1.807) is 11.8 Å². The monoisotopic (exact) mass is 344 g/mol. The second-order valence-electron chi connectivity index (χ2n) is 5.95. The first kappa shape index (κ1) is 17.9. The molecule has 0 unspecified atom stereocenters. The van der Waals surface area contributed by atoms with Crippen molar-refractivity contribution in [3.8, 4) is 0 Å². The van der Waals surface area contributed by atoms with Crippen molar-refractivity contribution in [2.75, 3.05) is 19.3 Å². The van der Waals surface area contributed by atoms with Crippen molar-refractivity contribution in [2.45, 2.75) is 51.5 Å². The Kier molecular flexibility index (Phi) is 6.11. The number of sulfonamides is 1. The van der Waals surface area contributed by atoms with Crippen LogP contribution in [0.1, 0.15) is 43.8 Å². The maximum absolute atomic E-state index is 12.4. The zero-order chi connectivity index (χ0) is 16.9. The normalized spacial score (nSPS) is 19.0. The molecule has 0 aromatic carbocycles. The molecule has 2 rings (SSSR count). The molecule has 1 aromatic rings. The number of aryl methyl sites for hydroxylation is 2. The number of hydrogen-bond acceptors (Lipinski definition) is 6. The SMILES string of the molecule is Cc1noc(CCCC(=O)N2CCCC[C@@H]2CNS(C)(=O)=O)n1. The maximum atomic E-state index is 12.4. The Hall–Kier alpha value is -1.48. The van der Waals surface area contributed by atoms with Gasteiger partial charge >= 0.3 is 0 Å². The second-order valence-corrected chi connectivity index (χ2v) is 7.78. The molecule has 1 aliphatic rings. The molecule has 0 radical (unpaired) electrons. The lowest BCUT2D eigenvalue weighted by Crippen LogP contribution is -2.49. The van der Waals surface area contributed by atoms with Crippen molar-refractivity contribution >= 4 is 15.9 Å². The van der Waals surface area contributed by atoms with Crippen LogP contribution < -0.4 is 4.72 Å². The summed E-state index contributed by atoms with van der Waals surface area (Å²) in [5.74, 6) is 1.19. The summed E-state index contributed by atoms with van der Waals surface area (Å²) in [5, 5.41) is 3.72. The van der Waals surface area contributed by atoms with Gasteiger partial charge in [0, 0.05) is 32.0 Å². The van der Waals surface area contributed by atoms with Gasteiger partial charge in [0.15, 0.2) is 5.82 Å². The lowest BCUT2D eigenvalue weighted by atomic mass is 10.0. The molecular weight excluding hydrogens is 320 g/mol. The van der Waals surface area contributed by atoms with Gasteiger partial charge in [0.1, 0.15) is 0 Å². The summed E-state index contributed by atoms with van der Waals surface area (Å²) in [6.45, 7) is 2.73. The van der Waals surface area contributed by atoms with Gasteiger partial charge in [-0.1, -0.05) is 5.16 Å². The van der Waals surface area contributed by atoms with Gasteiger partial charge in [-0.25, -0.2) is 13.1 Å². The van der Waals surface area contributed by atoms with Gasteiger partial charge in [-0.2, -0.15) is 4.98 Å². The largest absolute Gasteiger partial charge is 0.339 e. The van der Waals surface area contributed by atoms with Crippen LogP contribution in [0.5, 0.6) is 0 Å². The molecule has 1 fully saturated rings. The van der Waals surface area contributed by atoms with Gasteiger partial charge in [0.05, 0.1) is 6.26 Å². The van der Waals surface area contributed by atoms with Crippen LogP contribution in [0.2, 0.25) is 0 Å². The molecule has 0 aliphatic carbocycles. The van der Waals surface area contributed by atoms with Gasteiger partial charge in [-0.3, -0.25) is 4.79 Å². The molecule has 1 aliphatic heterocycles. The average Bonchev–Trinajstić information content (AvgIpc) is 2.90. The zero-order valence-corrected chi connectivity index (χ0v) is 14.4. The first-order valence-electron chi connectivity index (χ1n) is 7.88. The van der Waals surface area contributed by atoms with Crippen LogP contribution in [-0.2, 0) is 21.2 Å². The minimum absolute atomic E-state index is 0.0567. The summed E-state index contributed by atoms with van der Waals surface area (Å²) < 4.78 is 30.0. The number of likely N-dealkylation sites (tertiary alicyclic amines) is 1. The van der Waals surface area contributed by atoms with Crippen molar-refractivity contribution in [1.29, 1.82) is 0 Å². The number of hydrogen-bond donors (Lipinski definition) is 1. The number of piperidine rings is 1.